The van der Waals surface area contributed by atoms with E-state index in [4.69, 9.17) is 4.74 Å². The molecule has 21 heavy (non-hydrogen) atoms. The van der Waals surface area contributed by atoms with E-state index in [0.717, 1.165) is 58.4 Å². The summed E-state index contributed by atoms with van der Waals surface area (Å²) < 4.78 is 5.40. The third-order valence-electron chi connectivity index (χ3n) is 4.47. The smallest absolute Gasteiger partial charge is 0.193 e. The maximum absolute atomic E-state index is 5.40. The van der Waals surface area contributed by atoms with Crippen LogP contribution in [0.25, 0.3) is 0 Å². The van der Waals surface area contributed by atoms with Gasteiger partial charge in [-0.05, 0) is 17.8 Å². The third kappa shape index (κ3) is 5.15. The van der Waals surface area contributed by atoms with Gasteiger partial charge in [-0.2, -0.15) is 0 Å². The average molecular weight is 296 g/mol. The standard InChI is InChI=1S/C16H32N4O/c1-14(12-19-7-9-21-10-8-19)11-18-15(17-4)20-6-5-16(2,3)13-20/h14H,5-13H2,1-4H3,(H,17,18). The number of morpholine rings is 1. The van der Waals surface area contributed by atoms with Crippen LogP contribution in [0.4, 0.5) is 0 Å². The first-order valence-electron chi connectivity index (χ1n) is 8.26. The lowest BCUT2D eigenvalue weighted by atomic mass is 9.93. The Hall–Kier alpha value is -0.810. The summed E-state index contributed by atoms with van der Waals surface area (Å²) in [5, 5.41) is 3.56. The SMILES string of the molecule is CN=C(NCC(C)CN1CCOCC1)N1CCC(C)(C)C1. The Balaban J connectivity index is 1.72. The molecule has 0 saturated carbocycles. The van der Waals surface area contributed by atoms with Crippen molar-refractivity contribution in [3.63, 3.8) is 0 Å². The molecule has 1 N–H and O–H groups in total. The van der Waals surface area contributed by atoms with E-state index in [1.807, 2.05) is 7.05 Å². The fourth-order valence-electron chi connectivity index (χ4n) is 3.18. The van der Waals surface area contributed by atoms with Gasteiger partial charge in [-0.15, -0.1) is 0 Å². The molecule has 0 spiro atoms. The van der Waals surface area contributed by atoms with Crippen molar-refractivity contribution in [1.82, 2.24) is 15.1 Å². The lowest BCUT2D eigenvalue weighted by Gasteiger charge is -2.30. The second-order valence-corrected chi connectivity index (χ2v) is 7.28. The van der Waals surface area contributed by atoms with Gasteiger partial charge < -0.3 is 15.0 Å². The molecule has 2 saturated heterocycles. The van der Waals surface area contributed by atoms with Crippen LogP contribution < -0.4 is 5.32 Å². The lowest BCUT2D eigenvalue weighted by molar-refractivity contribution is 0.0320. The highest BCUT2D eigenvalue weighted by Gasteiger charge is 2.30. The van der Waals surface area contributed by atoms with Gasteiger partial charge in [0.1, 0.15) is 0 Å². The van der Waals surface area contributed by atoms with Crippen molar-refractivity contribution in [3.05, 3.63) is 0 Å². The molecule has 2 aliphatic heterocycles. The van der Waals surface area contributed by atoms with Gasteiger partial charge in [-0.3, -0.25) is 9.89 Å². The molecule has 0 aromatic carbocycles. The number of guanidine groups is 1. The zero-order valence-electron chi connectivity index (χ0n) is 14.2. The summed E-state index contributed by atoms with van der Waals surface area (Å²) in [7, 11) is 1.89. The molecule has 0 aromatic rings. The largest absolute Gasteiger partial charge is 0.379 e. The van der Waals surface area contributed by atoms with Crippen LogP contribution in [0, 0.1) is 11.3 Å². The molecular formula is C16H32N4O. The van der Waals surface area contributed by atoms with E-state index in [9.17, 15) is 0 Å². The van der Waals surface area contributed by atoms with Crippen LogP contribution >= 0.6 is 0 Å². The minimum Gasteiger partial charge on any atom is -0.379 e. The Morgan fingerprint density at radius 2 is 2.00 bits per heavy atom. The molecule has 122 valence electrons. The molecule has 2 rings (SSSR count). The Bertz CT molecular complexity index is 350. The highest BCUT2D eigenvalue weighted by Crippen LogP contribution is 2.28. The second kappa shape index (κ2) is 7.45. The number of ether oxygens (including phenoxy) is 1. The number of nitrogens with zero attached hydrogens (tertiary/aromatic N) is 3. The van der Waals surface area contributed by atoms with Gasteiger partial charge in [-0.25, -0.2) is 0 Å². The molecule has 0 aromatic heterocycles. The number of hydrogen-bond acceptors (Lipinski definition) is 3. The fourth-order valence-corrected chi connectivity index (χ4v) is 3.18. The van der Waals surface area contributed by atoms with E-state index in [0.29, 0.717) is 11.3 Å². The first-order chi connectivity index (χ1) is 10.00. The molecule has 0 aliphatic carbocycles. The number of aliphatic imine (C=N–C) groups is 1. The van der Waals surface area contributed by atoms with Crippen molar-refractivity contribution in [3.8, 4) is 0 Å². The highest BCUT2D eigenvalue weighted by molar-refractivity contribution is 5.80. The number of rotatable bonds is 4. The van der Waals surface area contributed by atoms with Crippen LogP contribution in [0.1, 0.15) is 27.2 Å². The van der Waals surface area contributed by atoms with Crippen molar-refractivity contribution in [2.75, 3.05) is 59.5 Å². The second-order valence-electron chi connectivity index (χ2n) is 7.28. The van der Waals surface area contributed by atoms with E-state index in [1.165, 1.54) is 6.42 Å². The van der Waals surface area contributed by atoms with Crippen molar-refractivity contribution >= 4 is 5.96 Å². The maximum Gasteiger partial charge on any atom is 0.193 e. The van der Waals surface area contributed by atoms with Crippen LogP contribution in [0.2, 0.25) is 0 Å². The zero-order valence-corrected chi connectivity index (χ0v) is 14.2. The summed E-state index contributed by atoms with van der Waals surface area (Å²) >= 11 is 0. The molecule has 5 heteroatoms. The maximum atomic E-state index is 5.40. The molecule has 5 nitrogen and oxygen atoms in total. The number of nitrogens with one attached hydrogen (secondary N) is 1. The molecule has 0 amide bonds. The summed E-state index contributed by atoms with van der Waals surface area (Å²) in [5.74, 6) is 1.69. The normalized spacial score (nSPS) is 25.1. The predicted octanol–water partition coefficient (Wildman–Crippen LogP) is 1.26. The lowest BCUT2D eigenvalue weighted by Crippen LogP contribution is -2.45. The molecule has 0 radical (unpaired) electrons. The van der Waals surface area contributed by atoms with Crippen molar-refractivity contribution in [2.24, 2.45) is 16.3 Å². The van der Waals surface area contributed by atoms with E-state index in [1.54, 1.807) is 0 Å². The number of hydrogen-bond donors (Lipinski definition) is 1. The van der Waals surface area contributed by atoms with Gasteiger partial charge in [0, 0.05) is 46.3 Å². The quantitative estimate of drug-likeness (QED) is 0.626. The van der Waals surface area contributed by atoms with E-state index in [-0.39, 0.29) is 0 Å². The van der Waals surface area contributed by atoms with Crippen LogP contribution in [-0.4, -0.2) is 75.3 Å². The third-order valence-corrected chi connectivity index (χ3v) is 4.47. The zero-order chi connectivity index (χ0) is 15.3. The van der Waals surface area contributed by atoms with Crippen LogP contribution in [0.3, 0.4) is 0 Å². The summed E-state index contributed by atoms with van der Waals surface area (Å²) in [4.78, 5) is 9.34. The van der Waals surface area contributed by atoms with Gasteiger partial charge in [0.25, 0.3) is 0 Å². The Labute approximate surface area is 129 Å². The van der Waals surface area contributed by atoms with Crippen molar-refractivity contribution in [2.45, 2.75) is 27.2 Å². The Morgan fingerprint density at radius 3 is 2.57 bits per heavy atom. The van der Waals surface area contributed by atoms with Crippen LogP contribution in [0.5, 0.6) is 0 Å². The van der Waals surface area contributed by atoms with E-state index >= 15 is 0 Å². The molecule has 2 aliphatic rings. The van der Waals surface area contributed by atoms with Gasteiger partial charge in [0.2, 0.25) is 0 Å². The van der Waals surface area contributed by atoms with E-state index < -0.39 is 0 Å². The summed E-state index contributed by atoms with van der Waals surface area (Å²) in [6.45, 7) is 15.2. The fraction of sp³-hybridized carbons (Fsp3) is 0.938. The van der Waals surface area contributed by atoms with Gasteiger partial charge >= 0.3 is 0 Å². The summed E-state index contributed by atoms with van der Waals surface area (Å²) in [5.41, 5.74) is 0.414. The Kier molecular flexibility index (Phi) is 5.88. The minimum absolute atomic E-state index is 0.414. The highest BCUT2D eigenvalue weighted by atomic mass is 16.5. The first kappa shape index (κ1) is 16.6. The Morgan fingerprint density at radius 1 is 1.29 bits per heavy atom. The van der Waals surface area contributed by atoms with Crippen LogP contribution in [-0.2, 0) is 4.74 Å². The first-order valence-corrected chi connectivity index (χ1v) is 8.26. The van der Waals surface area contributed by atoms with Gasteiger partial charge in [0.05, 0.1) is 13.2 Å². The minimum atomic E-state index is 0.414. The number of likely N-dealkylation sites (tertiary alicyclic amines) is 1. The molecular weight excluding hydrogens is 264 g/mol. The molecule has 2 fully saturated rings. The summed E-state index contributed by atoms with van der Waals surface area (Å²) in [6.07, 6.45) is 1.25. The topological polar surface area (TPSA) is 40.1 Å². The van der Waals surface area contributed by atoms with Gasteiger partial charge in [0.15, 0.2) is 5.96 Å². The van der Waals surface area contributed by atoms with Gasteiger partial charge in [-0.1, -0.05) is 20.8 Å². The monoisotopic (exact) mass is 296 g/mol. The van der Waals surface area contributed by atoms with Crippen molar-refractivity contribution in [1.29, 1.82) is 0 Å². The van der Waals surface area contributed by atoms with Crippen LogP contribution in [0.15, 0.2) is 4.99 Å². The average Bonchev–Trinajstić information content (AvgIpc) is 2.81. The van der Waals surface area contributed by atoms with Crippen molar-refractivity contribution < 1.29 is 4.74 Å². The molecule has 2 heterocycles. The molecule has 1 unspecified atom stereocenters. The predicted molar refractivity (Wildman–Crippen MR) is 87.8 cm³/mol. The molecule has 0 bridgehead atoms. The molecule has 1 atom stereocenters. The summed E-state index contributed by atoms with van der Waals surface area (Å²) in [6, 6.07) is 0. The van der Waals surface area contributed by atoms with E-state index in [2.05, 4.69) is 40.9 Å².